The minimum atomic E-state index is -0.463. The Bertz CT molecular complexity index is 1260. The quantitative estimate of drug-likeness (QED) is 0.449. The molecule has 4 aromatic rings. The van der Waals surface area contributed by atoms with E-state index in [0.717, 1.165) is 33.3 Å². The van der Waals surface area contributed by atoms with E-state index in [2.05, 4.69) is 15.6 Å². The van der Waals surface area contributed by atoms with E-state index in [0.29, 0.717) is 10.6 Å². The molecule has 4 rings (SSSR count). The summed E-state index contributed by atoms with van der Waals surface area (Å²) >= 11 is 1.30. The summed E-state index contributed by atoms with van der Waals surface area (Å²) in [5.74, 6) is -0.757. The van der Waals surface area contributed by atoms with Gasteiger partial charge in [-0.1, -0.05) is 35.5 Å². The third-order valence-corrected chi connectivity index (χ3v) is 5.93. The predicted octanol–water partition coefficient (Wildman–Crippen LogP) is 4.59. The molecule has 2 aromatic carbocycles. The van der Waals surface area contributed by atoms with Crippen molar-refractivity contribution in [1.82, 2.24) is 15.0 Å². The summed E-state index contributed by atoms with van der Waals surface area (Å²) in [4.78, 5) is 25.5. The van der Waals surface area contributed by atoms with Crippen LogP contribution in [0.1, 0.15) is 28.4 Å². The number of anilines is 1. The highest BCUT2D eigenvalue weighted by atomic mass is 32.1. The molecule has 8 heteroatoms. The summed E-state index contributed by atoms with van der Waals surface area (Å²) in [6, 6.07) is 13.5. The summed E-state index contributed by atoms with van der Waals surface area (Å²) < 4.78 is 6.81. The number of hydrogen-bond donors (Lipinski definition) is 1. The molecule has 0 radical (unpaired) electrons. The van der Waals surface area contributed by atoms with Gasteiger partial charge in [0, 0.05) is 10.9 Å². The summed E-state index contributed by atoms with van der Waals surface area (Å²) in [5, 5.41) is 13.4. The Morgan fingerprint density at radius 2 is 1.87 bits per heavy atom. The number of nitrogens with one attached hydrogen (secondary N) is 1. The van der Waals surface area contributed by atoms with Crippen molar-refractivity contribution < 1.29 is 14.3 Å². The lowest BCUT2D eigenvalue weighted by Gasteiger charge is -2.09. The number of carbonyl (C=O) groups excluding carboxylic acids is 2. The second-order valence-electron chi connectivity index (χ2n) is 7.16. The molecule has 0 aliphatic carbocycles. The molecule has 1 N–H and O–H groups in total. The van der Waals surface area contributed by atoms with Crippen molar-refractivity contribution in [1.29, 1.82) is 0 Å². The van der Waals surface area contributed by atoms with Crippen molar-refractivity contribution in [3.8, 4) is 11.1 Å². The van der Waals surface area contributed by atoms with Gasteiger partial charge in [0.1, 0.15) is 22.6 Å². The van der Waals surface area contributed by atoms with Crippen molar-refractivity contribution in [3.05, 3.63) is 64.5 Å². The van der Waals surface area contributed by atoms with Crippen molar-refractivity contribution in [2.24, 2.45) is 0 Å². The Morgan fingerprint density at radius 3 is 2.61 bits per heavy atom. The van der Waals surface area contributed by atoms with Crippen LogP contribution in [0.25, 0.3) is 22.2 Å². The zero-order valence-corrected chi connectivity index (χ0v) is 18.3. The second kappa shape index (κ2) is 8.69. The van der Waals surface area contributed by atoms with Crippen LogP contribution in [0.5, 0.6) is 0 Å². The Kier molecular flexibility index (Phi) is 5.81. The number of benzene rings is 2. The van der Waals surface area contributed by atoms with Gasteiger partial charge in [-0.05, 0) is 49.6 Å². The Labute approximate surface area is 183 Å². The van der Waals surface area contributed by atoms with Gasteiger partial charge in [-0.25, -0.2) is 9.48 Å². The molecular weight excluding hydrogens is 412 g/mol. The first-order valence-electron chi connectivity index (χ1n) is 9.92. The number of thiophene rings is 1. The molecule has 0 fully saturated rings. The van der Waals surface area contributed by atoms with E-state index in [1.54, 1.807) is 11.6 Å². The first kappa shape index (κ1) is 20.7. The van der Waals surface area contributed by atoms with Crippen LogP contribution >= 0.6 is 11.3 Å². The van der Waals surface area contributed by atoms with Gasteiger partial charge < -0.3 is 10.1 Å². The van der Waals surface area contributed by atoms with Gasteiger partial charge in [0.15, 0.2) is 0 Å². The molecule has 2 aromatic heterocycles. The maximum absolute atomic E-state index is 12.8. The Morgan fingerprint density at radius 1 is 1.13 bits per heavy atom. The van der Waals surface area contributed by atoms with E-state index >= 15 is 0 Å². The summed E-state index contributed by atoms with van der Waals surface area (Å²) in [6.07, 6.45) is 0. The maximum Gasteiger partial charge on any atom is 0.341 e. The van der Waals surface area contributed by atoms with Crippen molar-refractivity contribution >= 4 is 39.2 Å². The van der Waals surface area contributed by atoms with E-state index < -0.39 is 5.97 Å². The predicted molar refractivity (Wildman–Crippen MR) is 121 cm³/mol. The standard InChI is InChI=1S/C23H22N4O3S/c1-4-30-23(29)21-17(16-8-6-5-7-9-16)13-31-22(21)24-20(28)12-27-19-11-15(3)14(2)10-18(19)25-26-27/h5-11,13H,4,12H2,1-3H3,(H,24,28). The fourth-order valence-corrected chi connectivity index (χ4v) is 4.30. The van der Waals surface area contributed by atoms with Crippen LogP contribution in [0.3, 0.4) is 0 Å². The van der Waals surface area contributed by atoms with Gasteiger partial charge in [-0.2, -0.15) is 0 Å². The first-order valence-corrected chi connectivity index (χ1v) is 10.8. The third kappa shape index (κ3) is 4.20. The second-order valence-corrected chi connectivity index (χ2v) is 8.04. The minimum Gasteiger partial charge on any atom is -0.462 e. The monoisotopic (exact) mass is 434 g/mol. The van der Waals surface area contributed by atoms with Crippen LogP contribution in [-0.4, -0.2) is 33.5 Å². The normalized spacial score (nSPS) is 10.9. The van der Waals surface area contributed by atoms with Gasteiger partial charge >= 0.3 is 5.97 Å². The number of amides is 1. The molecule has 1 amide bonds. The van der Waals surface area contributed by atoms with E-state index in [1.165, 1.54) is 11.3 Å². The molecule has 0 saturated heterocycles. The van der Waals surface area contributed by atoms with Crippen LogP contribution < -0.4 is 5.32 Å². The highest BCUT2D eigenvalue weighted by Crippen LogP contribution is 2.36. The van der Waals surface area contributed by atoms with Gasteiger partial charge in [-0.15, -0.1) is 16.4 Å². The van der Waals surface area contributed by atoms with Crippen LogP contribution in [0, 0.1) is 13.8 Å². The zero-order chi connectivity index (χ0) is 22.0. The fourth-order valence-electron chi connectivity index (χ4n) is 3.33. The van der Waals surface area contributed by atoms with Gasteiger partial charge in [0.05, 0.1) is 12.1 Å². The molecule has 0 bridgehead atoms. The highest BCUT2D eigenvalue weighted by molar-refractivity contribution is 7.15. The lowest BCUT2D eigenvalue weighted by molar-refractivity contribution is -0.116. The molecule has 0 aliphatic heterocycles. The maximum atomic E-state index is 12.8. The highest BCUT2D eigenvalue weighted by Gasteiger charge is 2.23. The molecule has 158 valence electrons. The lowest BCUT2D eigenvalue weighted by atomic mass is 10.0. The van der Waals surface area contributed by atoms with Gasteiger partial charge in [-0.3, -0.25) is 4.79 Å². The molecule has 7 nitrogen and oxygen atoms in total. The Hall–Kier alpha value is -3.52. The first-order chi connectivity index (χ1) is 15.0. The van der Waals surface area contributed by atoms with E-state index in [9.17, 15) is 9.59 Å². The summed E-state index contributed by atoms with van der Waals surface area (Å²) in [7, 11) is 0. The zero-order valence-electron chi connectivity index (χ0n) is 17.5. The average molecular weight is 435 g/mol. The number of carbonyl (C=O) groups is 2. The number of aromatic nitrogens is 3. The lowest BCUT2D eigenvalue weighted by Crippen LogP contribution is -2.20. The number of fused-ring (bicyclic) bond motifs is 1. The Balaban J connectivity index is 1.62. The smallest absolute Gasteiger partial charge is 0.341 e. The number of esters is 1. The largest absolute Gasteiger partial charge is 0.462 e. The molecular formula is C23H22N4O3S. The summed E-state index contributed by atoms with van der Waals surface area (Å²) in [6.45, 7) is 6.01. The summed E-state index contributed by atoms with van der Waals surface area (Å²) in [5.41, 5.74) is 5.74. The van der Waals surface area contributed by atoms with Crippen LogP contribution in [0.2, 0.25) is 0 Å². The number of rotatable bonds is 6. The van der Waals surface area contributed by atoms with Crippen molar-refractivity contribution in [2.45, 2.75) is 27.3 Å². The molecule has 2 heterocycles. The van der Waals surface area contributed by atoms with Gasteiger partial charge in [0.2, 0.25) is 5.91 Å². The number of ether oxygens (including phenoxy) is 1. The van der Waals surface area contributed by atoms with E-state index in [1.807, 2.05) is 61.7 Å². The van der Waals surface area contributed by atoms with Crippen LogP contribution in [0.15, 0.2) is 47.8 Å². The molecule has 31 heavy (non-hydrogen) atoms. The fraction of sp³-hybridized carbons (Fsp3) is 0.217. The minimum absolute atomic E-state index is 0.0141. The molecule has 0 unspecified atom stereocenters. The van der Waals surface area contributed by atoms with Crippen molar-refractivity contribution in [3.63, 3.8) is 0 Å². The number of hydrogen-bond acceptors (Lipinski definition) is 6. The average Bonchev–Trinajstić information content (AvgIpc) is 3.33. The molecule has 0 atom stereocenters. The number of nitrogens with zero attached hydrogens (tertiary/aromatic N) is 3. The SMILES string of the molecule is CCOC(=O)c1c(-c2ccccc2)csc1NC(=O)Cn1nnc2cc(C)c(C)cc21. The molecule has 0 spiro atoms. The van der Waals surface area contributed by atoms with Crippen LogP contribution in [0.4, 0.5) is 5.00 Å². The molecule has 0 aliphatic rings. The van der Waals surface area contributed by atoms with E-state index in [4.69, 9.17) is 4.74 Å². The molecule has 0 saturated carbocycles. The third-order valence-electron chi connectivity index (χ3n) is 5.03. The topological polar surface area (TPSA) is 86.1 Å². The van der Waals surface area contributed by atoms with Crippen molar-refractivity contribution in [2.75, 3.05) is 11.9 Å². The number of aryl methyl sites for hydroxylation is 2. The van der Waals surface area contributed by atoms with Gasteiger partial charge in [0.25, 0.3) is 0 Å². The van der Waals surface area contributed by atoms with E-state index in [-0.39, 0.29) is 19.1 Å². The van der Waals surface area contributed by atoms with Crippen LogP contribution in [-0.2, 0) is 16.1 Å².